The van der Waals surface area contributed by atoms with Crippen LogP contribution in [0.15, 0.2) is 97.3 Å². The average molecular weight is 517 g/mol. The maximum absolute atomic E-state index is 5.04. The molecule has 0 unspecified atom stereocenters. The monoisotopic (exact) mass is 516 g/mol. The van der Waals surface area contributed by atoms with E-state index in [-0.39, 0.29) is 10.8 Å². The first kappa shape index (κ1) is 23.2. The lowest BCUT2D eigenvalue weighted by Crippen LogP contribution is -2.14. The molecule has 8 rings (SSSR count). The van der Waals surface area contributed by atoms with Crippen LogP contribution in [0.4, 0.5) is 0 Å². The Labute approximate surface area is 233 Å². The van der Waals surface area contributed by atoms with Crippen LogP contribution >= 0.6 is 0 Å². The summed E-state index contributed by atoms with van der Waals surface area (Å²) in [4.78, 5) is 19.5. The molecule has 4 heteroatoms. The van der Waals surface area contributed by atoms with Gasteiger partial charge in [0.25, 0.3) is 0 Å². The molecule has 0 atom stereocenters. The van der Waals surface area contributed by atoms with Gasteiger partial charge in [-0.15, -0.1) is 0 Å². The van der Waals surface area contributed by atoms with Gasteiger partial charge in [-0.3, -0.25) is 9.97 Å². The molecule has 40 heavy (non-hydrogen) atoms. The second-order valence-electron chi connectivity index (χ2n) is 12.0. The second-order valence-corrected chi connectivity index (χ2v) is 12.0. The summed E-state index contributed by atoms with van der Waals surface area (Å²) in [5.41, 5.74) is 14.3. The van der Waals surface area contributed by atoms with Crippen molar-refractivity contribution >= 4 is 11.0 Å². The van der Waals surface area contributed by atoms with E-state index in [1.165, 1.54) is 33.4 Å². The molecule has 4 aromatic heterocycles. The van der Waals surface area contributed by atoms with Crippen molar-refractivity contribution in [2.24, 2.45) is 0 Å². The van der Waals surface area contributed by atoms with Gasteiger partial charge in [0.1, 0.15) is 0 Å². The number of fused-ring (bicyclic) bond motifs is 7. The molecule has 0 N–H and O–H groups in total. The highest BCUT2D eigenvalue weighted by Crippen LogP contribution is 2.49. The molecule has 0 bridgehead atoms. The molecular weight excluding hydrogens is 488 g/mol. The Morgan fingerprint density at radius 1 is 0.500 bits per heavy atom. The predicted molar refractivity (Wildman–Crippen MR) is 161 cm³/mol. The number of benzene rings is 2. The minimum atomic E-state index is -0.0637. The van der Waals surface area contributed by atoms with Crippen LogP contribution in [0.5, 0.6) is 0 Å². The normalized spacial score (nSPS) is 15.4. The van der Waals surface area contributed by atoms with Crippen LogP contribution in [0, 0.1) is 0 Å². The quantitative estimate of drug-likeness (QED) is 0.232. The van der Waals surface area contributed by atoms with Gasteiger partial charge >= 0.3 is 0 Å². The summed E-state index contributed by atoms with van der Waals surface area (Å²) in [6, 6.07) is 30.1. The van der Waals surface area contributed by atoms with Gasteiger partial charge in [-0.1, -0.05) is 64.1 Å². The van der Waals surface area contributed by atoms with E-state index in [0.29, 0.717) is 0 Å². The second kappa shape index (κ2) is 7.92. The minimum Gasteiger partial charge on any atom is -0.256 e. The zero-order chi connectivity index (χ0) is 27.2. The Hall–Kier alpha value is -4.70. The van der Waals surface area contributed by atoms with Gasteiger partial charge in [0, 0.05) is 50.9 Å². The summed E-state index contributed by atoms with van der Waals surface area (Å²) >= 11 is 0. The topological polar surface area (TPSA) is 51.6 Å². The van der Waals surface area contributed by atoms with Gasteiger partial charge in [-0.2, -0.15) is 0 Å². The van der Waals surface area contributed by atoms with E-state index >= 15 is 0 Å². The zero-order valence-electron chi connectivity index (χ0n) is 23.0. The lowest BCUT2D eigenvalue weighted by molar-refractivity contribution is 0.659. The van der Waals surface area contributed by atoms with Crippen LogP contribution < -0.4 is 0 Å². The van der Waals surface area contributed by atoms with Crippen molar-refractivity contribution in [1.82, 2.24) is 19.9 Å². The highest BCUT2D eigenvalue weighted by atomic mass is 14.9. The van der Waals surface area contributed by atoms with Crippen molar-refractivity contribution < 1.29 is 0 Å². The van der Waals surface area contributed by atoms with Gasteiger partial charge in [-0.05, 0) is 70.8 Å². The number of pyridine rings is 4. The van der Waals surface area contributed by atoms with Gasteiger partial charge in [0.2, 0.25) is 0 Å². The van der Waals surface area contributed by atoms with E-state index in [2.05, 4.69) is 100 Å². The molecule has 2 aliphatic carbocycles. The fourth-order valence-corrected chi connectivity index (χ4v) is 6.75. The minimum absolute atomic E-state index is 0.0637. The molecule has 192 valence electrons. The first-order chi connectivity index (χ1) is 19.3. The van der Waals surface area contributed by atoms with E-state index in [1.54, 1.807) is 0 Å². The third-order valence-electron chi connectivity index (χ3n) is 9.00. The van der Waals surface area contributed by atoms with Crippen LogP contribution in [0.3, 0.4) is 0 Å². The number of nitrogens with zero attached hydrogens (tertiary/aromatic N) is 4. The van der Waals surface area contributed by atoms with Gasteiger partial charge in [-0.25, -0.2) is 9.97 Å². The molecule has 0 amide bonds. The lowest BCUT2D eigenvalue weighted by Gasteiger charge is -2.21. The van der Waals surface area contributed by atoms with Crippen LogP contribution in [0.25, 0.3) is 56.1 Å². The van der Waals surface area contributed by atoms with Gasteiger partial charge in [0.05, 0.1) is 22.8 Å². The molecule has 2 aliphatic rings. The Morgan fingerprint density at radius 2 is 0.975 bits per heavy atom. The largest absolute Gasteiger partial charge is 0.256 e. The van der Waals surface area contributed by atoms with Crippen LogP contribution in [0.2, 0.25) is 0 Å². The highest BCUT2D eigenvalue weighted by Gasteiger charge is 2.37. The van der Waals surface area contributed by atoms with Crippen molar-refractivity contribution in [3.05, 3.63) is 120 Å². The molecule has 0 fully saturated rings. The van der Waals surface area contributed by atoms with Crippen molar-refractivity contribution in [3.8, 4) is 45.0 Å². The maximum atomic E-state index is 5.04. The summed E-state index contributed by atoms with van der Waals surface area (Å²) in [5.74, 6) is 0. The van der Waals surface area contributed by atoms with Gasteiger partial charge in [0.15, 0.2) is 5.65 Å². The summed E-state index contributed by atoms with van der Waals surface area (Å²) in [5, 5.41) is 1.02. The molecule has 0 spiro atoms. The van der Waals surface area contributed by atoms with Crippen molar-refractivity contribution in [1.29, 1.82) is 0 Å². The maximum Gasteiger partial charge on any atom is 0.160 e. The standard InChI is InChI=1S/C36H28N4/c1-35(2)26-13-9-22(19-24(26)32-28(35)7-5-17-37-32)30-15-11-21-12-16-31(40-34(21)39-30)23-10-14-27-25(20-23)33-29(36(27,3)4)8-6-18-38-33/h5-20H,1-4H3. The molecular formula is C36H28N4. The van der Waals surface area contributed by atoms with Crippen LogP contribution in [0.1, 0.15) is 49.9 Å². The number of aromatic nitrogens is 4. The first-order valence-electron chi connectivity index (χ1n) is 13.8. The highest BCUT2D eigenvalue weighted by molar-refractivity contribution is 5.86. The lowest BCUT2D eigenvalue weighted by atomic mass is 9.82. The van der Waals surface area contributed by atoms with Crippen molar-refractivity contribution in [3.63, 3.8) is 0 Å². The summed E-state index contributed by atoms with van der Waals surface area (Å²) in [6.07, 6.45) is 3.76. The molecule has 0 saturated carbocycles. The predicted octanol–water partition coefficient (Wildman–Crippen LogP) is 8.37. The SMILES string of the molecule is CC1(C)c2ccc(-c3ccc4ccc(-c5ccc6c(c5)-c5ncccc5C6(C)C)nc4n3)cc2-c2ncccc21. The Balaban J connectivity index is 1.22. The molecule has 0 aliphatic heterocycles. The Kier molecular flexibility index (Phi) is 4.60. The van der Waals surface area contributed by atoms with Crippen LogP contribution in [-0.2, 0) is 10.8 Å². The molecule has 4 heterocycles. The van der Waals surface area contributed by atoms with E-state index in [9.17, 15) is 0 Å². The zero-order valence-corrected chi connectivity index (χ0v) is 23.0. The third-order valence-corrected chi connectivity index (χ3v) is 9.00. The average Bonchev–Trinajstić information content (AvgIpc) is 3.36. The Morgan fingerprint density at radius 3 is 1.45 bits per heavy atom. The fourth-order valence-electron chi connectivity index (χ4n) is 6.75. The first-order valence-corrected chi connectivity index (χ1v) is 13.8. The summed E-state index contributed by atoms with van der Waals surface area (Å²) in [6.45, 7) is 9.08. The number of hydrogen-bond donors (Lipinski definition) is 0. The van der Waals surface area contributed by atoms with Crippen molar-refractivity contribution in [2.75, 3.05) is 0 Å². The smallest absolute Gasteiger partial charge is 0.160 e. The molecule has 0 radical (unpaired) electrons. The van der Waals surface area contributed by atoms with Crippen molar-refractivity contribution in [2.45, 2.75) is 38.5 Å². The van der Waals surface area contributed by atoms with E-state index in [0.717, 1.165) is 44.9 Å². The summed E-state index contributed by atoms with van der Waals surface area (Å²) in [7, 11) is 0. The number of rotatable bonds is 2. The summed E-state index contributed by atoms with van der Waals surface area (Å²) < 4.78 is 0. The van der Waals surface area contributed by atoms with Gasteiger partial charge < -0.3 is 0 Å². The molecule has 2 aromatic carbocycles. The van der Waals surface area contributed by atoms with E-state index in [4.69, 9.17) is 19.9 Å². The Bertz CT molecular complexity index is 1880. The third kappa shape index (κ3) is 3.13. The van der Waals surface area contributed by atoms with E-state index in [1.807, 2.05) is 24.5 Å². The fraction of sp³-hybridized carbons (Fsp3) is 0.167. The molecule has 4 nitrogen and oxygen atoms in total. The van der Waals surface area contributed by atoms with E-state index < -0.39 is 0 Å². The van der Waals surface area contributed by atoms with Crippen LogP contribution in [-0.4, -0.2) is 19.9 Å². The molecule has 0 saturated heterocycles. The molecule has 6 aromatic rings. The number of hydrogen-bond acceptors (Lipinski definition) is 4.